The summed E-state index contributed by atoms with van der Waals surface area (Å²) in [6, 6.07) is 4.80. The molecule has 0 aliphatic heterocycles. The van der Waals surface area contributed by atoms with Gasteiger partial charge in [-0.2, -0.15) is 17.5 Å². The van der Waals surface area contributed by atoms with Gasteiger partial charge in [0.1, 0.15) is 28.3 Å². The molecular weight excluding hydrogens is 355 g/mol. The predicted octanol–water partition coefficient (Wildman–Crippen LogP) is 3.99. The third-order valence-corrected chi connectivity index (χ3v) is 4.23. The number of aromatic nitrogens is 3. The quantitative estimate of drug-likeness (QED) is 0.755. The molecule has 9 heteroatoms. The maximum atomic E-state index is 12.9. The van der Waals surface area contributed by atoms with Crippen LogP contribution < -0.4 is 5.56 Å². The number of nitrogens with zero attached hydrogens (tertiary/aromatic N) is 2. The average Bonchev–Trinajstić information content (AvgIpc) is 2.97. The van der Waals surface area contributed by atoms with Crippen molar-refractivity contribution in [1.29, 1.82) is 0 Å². The summed E-state index contributed by atoms with van der Waals surface area (Å²) in [5, 5.41) is 0. The molecule has 0 saturated heterocycles. The number of hydrogen-bond acceptors (Lipinski definition) is 5. The van der Waals surface area contributed by atoms with E-state index in [0.29, 0.717) is 5.82 Å². The molecule has 3 rings (SSSR count). The van der Waals surface area contributed by atoms with Crippen LogP contribution >= 0.6 is 11.5 Å². The predicted molar refractivity (Wildman–Crippen MR) is 88.4 cm³/mol. The Labute approximate surface area is 144 Å². The zero-order valence-corrected chi connectivity index (χ0v) is 14.2. The number of alkyl halides is 3. The minimum absolute atomic E-state index is 0.0514. The number of hydrogen-bond donors (Lipinski definition) is 1. The lowest BCUT2D eigenvalue weighted by Crippen LogP contribution is -2.13. The van der Waals surface area contributed by atoms with Crippen molar-refractivity contribution in [2.24, 2.45) is 0 Å². The van der Waals surface area contributed by atoms with Gasteiger partial charge in [0, 0.05) is 5.56 Å². The molecule has 1 aromatic carbocycles. The van der Waals surface area contributed by atoms with Gasteiger partial charge in [-0.1, -0.05) is 12.1 Å². The summed E-state index contributed by atoms with van der Waals surface area (Å²) in [5.41, 5.74) is -0.379. The molecule has 0 radical (unpaired) electrons. The second kappa shape index (κ2) is 6.57. The molecule has 0 atom stereocenters. The van der Waals surface area contributed by atoms with Gasteiger partial charge in [0.2, 0.25) is 0 Å². The van der Waals surface area contributed by atoms with E-state index in [9.17, 15) is 18.0 Å². The number of rotatable bonds is 4. The van der Waals surface area contributed by atoms with E-state index in [-0.39, 0.29) is 39.7 Å². The fourth-order valence-corrected chi connectivity index (χ4v) is 2.97. The molecule has 0 bridgehead atoms. The largest absolute Gasteiger partial charge is 0.416 e. The van der Waals surface area contributed by atoms with E-state index >= 15 is 0 Å². The van der Waals surface area contributed by atoms with Gasteiger partial charge >= 0.3 is 6.18 Å². The van der Waals surface area contributed by atoms with Gasteiger partial charge in [-0.05, 0) is 37.5 Å². The topological polar surface area (TPSA) is 67.9 Å². The second-order valence-corrected chi connectivity index (χ2v) is 6.43. The van der Waals surface area contributed by atoms with Gasteiger partial charge in [-0.25, -0.2) is 4.98 Å². The van der Waals surface area contributed by atoms with Crippen LogP contribution in [0.4, 0.5) is 13.2 Å². The van der Waals surface area contributed by atoms with Crippen LogP contribution in [0.5, 0.6) is 0 Å². The zero-order valence-electron chi connectivity index (χ0n) is 13.3. The van der Waals surface area contributed by atoms with E-state index in [1.807, 2.05) is 13.8 Å². The van der Waals surface area contributed by atoms with Gasteiger partial charge in [-0.3, -0.25) is 4.79 Å². The van der Waals surface area contributed by atoms with Crippen LogP contribution in [0.1, 0.15) is 25.2 Å². The molecule has 25 heavy (non-hydrogen) atoms. The SMILES string of the molecule is CC(C)OCc1nc2c(-c3cccc(C(F)(F)F)c3)nsc2c(=O)[nH]1. The molecule has 1 N–H and O–H groups in total. The van der Waals surface area contributed by atoms with E-state index < -0.39 is 11.7 Å². The van der Waals surface area contributed by atoms with Crippen molar-refractivity contribution < 1.29 is 17.9 Å². The standard InChI is InChI=1S/C16H14F3N3O2S/c1-8(2)24-7-11-20-13-12(22-25-14(13)15(23)21-11)9-4-3-5-10(6-9)16(17,18)19/h3-6,8H,7H2,1-2H3,(H,20,21,23). The van der Waals surface area contributed by atoms with Gasteiger partial charge in [0.15, 0.2) is 0 Å². The monoisotopic (exact) mass is 369 g/mol. The minimum atomic E-state index is -4.46. The summed E-state index contributed by atoms with van der Waals surface area (Å²) in [7, 11) is 0. The summed E-state index contributed by atoms with van der Waals surface area (Å²) in [6.45, 7) is 3.79. The minimum Gasteiger partial charge on any atom is -0.371 e. The highest BCUT2D eigenvalue weighted by Crippen LogP contribution is 2.34. The molecule has 3 aromatic rings. The van der Waals surface area contributed by atoms with Crippen molar-refractivity contribution in [3.05, 3.63) is 46.0 Å². The molecule has 2 aromatic heterocycles. The van der Waals surface area contributed by atoms with Gasteiger partial charge in [-0.15, -0.1) is 0 Å². The van der Waals surface area contributed by atoms with Gasteiger partial charge in [0.25, 0.3) is 5.56 Å². The van der Waals surface area contributed by atoms with Crippen LogP contribution in [0.2, 0.25) is 0 Å². The summed E-state index contributed by atoms with van der Waals surface area (Å²) in [4.78, 5) is 19.1. The number of H-pyrrole nitrogens is 1. The average molecular weight is 369 g/mol. The van der Waals surface area contributed by atoms with Crippen LogP contribution in [0.15, 0.2) is 29.1 Å². The van der Waals surface area contributed by atoms with Gasteiger partial charge < -0.3 is 9.72 Å². The Bertz CT molecular complexity index is 963. The summed E-state index contributed by atoms with van der Waals surface area (Å²) < 4.78 is 48.6. The fourth-order valence-electron chi connectivity index (χ4n) is 2.23. The fraction of sp³-hybridized carbons (Fsp3) is 0.312. The molecule has 0 spiro atoms. The molecule has 0 amide bonds. The lowest BCUT2D eigenvalue weighted by atomic mass is 10.1. The van der Waals surface area contributed by atoms with E-state index in [0.717, 1.165) is 23.7 Å². The molecule has 0 aliphatic carbocycles. The number of halogens is 3. The first-order valence-electron chi connectivity index (χ1n) is 7.43. The molecule has 0 unspecified atom stereocenters. The van der Waals surface area contributed by atoms with Crippen molar-refractivity contribution >= 4 is 21.7 Å². The van der Waals surface area contributed by atoms with Crippen molar-refractivity contribution in [3.63, 3.8) is 0 Å². The Kier molecular flexibility index (Phi) is 4.61. The first-order valence-corrected chi connectivity index (χ1v) is 8.21. The smallest absolute Gasteiger partial charge is 0.371 e. The highest BCUT2D eigenvalue weighted by atomic mass is 32.1. The normalized spacial score (nSPS) is 12.2. The van der Waals surface area contributed by atoms with Crippen LogP contribution in [0.25, 0.3) is 21.5 Å². The maximum Gasteiger partial charge on any atom is 0.416 e. The number of benzene rings is 1. The van der Waals surface area contributed by atoms with Crippen LogP contribution in [-0.4, -0.2) is 20.4 Å². The van der Waals surface area contributed by atoms with Crippen LogP contribution in [0.3, 0.4) is 0 Å². The Hall–Kier alpha value is -2.26. The van der Waals surface area contributed by atoms with Gasteiger partial charge in [0.05, 0.1) is 11.7 Å². The number of ether oxygens (including phenoxy) is 1. The number of fused-ring (bicyclic) bond motifs is 1. The molecule has 0 saturated carbocycles. The molecule has 0 aliphatic rings. The summed E-state index contributed by atoms with van der Waals surface area (Å²) >= 11 is 0.904. The Balaban J connectivity index is 2.10. The van der Waals surface area contributed by atoms with E-state index in [1.165, 1.54) is 12.1 Å². The number of nitrogens with one attached hydrogen (secondary N) is 1. The van der Waals surface area contributed by atoms with Crippen LogP contribution in [0, 0.1) is 0 Å². The third kappa shape index (κ3) is 3.72. The molecule has 0 fully saturated rings. The third-order valence-electron chi connectivity index (χ3n) is 3.40. The van der Waals surface area contributed by atoms with E-state index in [4.69, 9.17) is 4.74 Å². The van der Waals surface area contributed by atoms with E-state index in [2.05, 4.69) is 14.3 Å². The molecule has 132 valence electrons. The lowest BCUT2D eigenvalue weighted by molar-refractivity contribution is -0.137. The summed E-state index contributed by atoms with van der Waals surface area (Å²) in [6.07, 6.45) is -4.51. The Morgan fingerprint density at radius 2 is 2.08 bits per heavy atom. The highest BCUT2D eigenvalue weighted by Gasteiger charge is 2.30. The lowest BCUT2D eigenvalue weighted by Gasteiger charge is -2.08. The van der Waals surface area contributed by atoms with Crippen LogP contribution in [-0.2, 0) is 17.5 Å². The molecule has 5 nitrogen and oxygen atoms in total. The van der Waals surface area contributed by atoms with Crippen molar-refractivity contribution in [3.8, 4) is 11.3 Å². The second-order valence-electron chi connectivity index (χ2n) is 5.66. The Morgan fingerprint density at radius 1 is 1.32 bits per heavy atom. The summed E-state index contributed by atoms with van der Waals surface area (Å²) in [5.74, 6) is 0.305. The zero-order chi connectivity index (χ0) is 18.2. The van der Waals surface area contributed by atoms with Crippen molar-refractivity contribution in [1.82, 2.24) is 14.3 Å². The highest BCUT2D eigenvalue weighted by molar-refractivity contribution is 7.13. The first-order chi connectivity index (χ1) is 11.8. The van der Waals surface area contributed by atoms with Crippen molar-refractivity contribution in [2.45, 2.75) is 32.7 Å². The first kappa shape index (κ1) is 17.6. The Morgan fingerprint density at radius 3 is 2.76 bits per heavy atom. The van der Waals surface area contributed by atoms with Crippen molar-refractivity contribution in [2.75, 3.05) is 0 Å². The molecule has 2 heterocycles. The van der Waals surface area contributed by atoms with E-state index in [1.54, 1.807) is 0 Å². The number of aromatic amines is 1. The molecular formula is C16H14F3N3O2S. The maximum absolute atomic E-state index is 12.9.